The molecule has 0 aliphatic carbocycles. The van der Waals surface area contributed by atoms with Gasteiger partial charge in [0, 0.05) is 21.9 Å². The molecule has 17 heavy (non-hydrogen) atoms. The van der Waals surface area contributed by atoms with Gasteiger partial charge in [-0.25, -0.2) is 0 Å². The predicted molar refractivity (Wildman–Crippen MR) is 76.1 cm³/mol. The van der Waals surface area contributed by atoms with E-state index < -0.39 is 0 Å². The minimum atomic E-state index is -0.151. The van der Waals surface area contributed by atoms with Gasteiger partial charge in [0.1, 0.15) is 0 Å². The van der Waals surface area contributed by atoms with Crippen molar-refractivity contribution in [1.29, 1.82) is 0 Å². The van der Waals surface area contributed by atoms with Gasteiger partial charge < -0.3 is 10.1 Å². The number of hydrogen-bond acceptors (Lipinski definition) is 2. The highest BCUT2D eigenvalue weighted by Crippen LogP contribution is 2.22. The van der Waals surface area contributed by atoms with Crippen LogP contribution in [0.15, 0.2) is 22.7 Å². The van der Waals surface area contributed by atoms with E-state index in [0.717, 1.165) is 9.80 Å². The highest BCUT2D eigenvalue weighted by atomic mass is 79.9. The lowest BCUT2D eigenvalue weighted by Crippen LogP contribution is -2.27. The molecule has 1 aromatic rings. The van der Waals surface area contributed by atoms with Crippen molar-refractivity contribution in [2.75, 3.05) is 25.1 Å². The molecule has 94 valence electrons. The number of halogens is 3. The summed E-state index contributed by atoms with van der Waals surface area (Å²) in [6.45, 7) is 1.63. The second-order valence-electron chi connectivity index (χ2n) is 3.19. The average Bonchev–Trinajstić information content (AvgIpc) is 2.32. The van der Waals surface area contributed by atoms with E-state index in [1.807, 2.05) is 0 Å². The van der Waals surface area contributed by atoms with E-state index in [2.05, 4.69) is 37.2 Å². The maximum absolute atomic E-state index is 11.7. The van der Waals surface area contributed by atoms with Crippen LogP contribution in [-0.2, 0) is 4.74 Å². The summed E-state index contributed by atoms with van der Waals surface area (Å²) in [5.74, 6) is -0.151. The van der Waals surface area contributed by atoms with E-state index in [0.29, 0.717) is 30.3 Å². The molecular formula is C11H12Br2ClNO2. The summed E-state index contributed by atoms with van der Waals surface area (Å²) >= 11 is 12.4. The maximum Gasteiger partial charge on any atom is 0.251 e. The zero-order valence-corrected chi connectivity index (χ0v) is 12.9. The Morgan fingerprint density at radius 2 is 2.18 bits per heavy atom. The fourth-order valence-electron chi connectivity index (χ4n) is 1.13. The van der Waals surface area contributed by atoms with Gasteiger partial charge in [0.05, 0.1) is 18.2 Å². The molecule has 0 aliphatic heterocycles. The summed E-state index contributed by atoms with van der Waals surface area (Å²) in [5, 5.41) is 4.07. The van der Waals surface area contributed by atoms with E-state index >= 15 is 0 Å². The van der Waals surface area contributed by atoms with Crippen LogP contribution in [0.25, 0.3) is 0 Å². The standard InChI is InChI=1S/C11H12Br2ClNO2/c12-3-5-17-6-4-15-11(16)8-1-2-9(13)10(14)7-8/h1-2,7H,3-6H2,(H,15,16). The van der Waals surface area contributed by atoms with Crippen molar-refractivity contribution in [3.63, 3.8) is 0 Å². The number of rotatable bonds is 6. The van der Waals surface area contributed by atoms with E-state index in [1.54, 1.807) is 18.2 Å². The van der Waals surface area contributed by atoms with Gasteiger partial charge in [-0.15, -0.1) is 0 Å². The van der Waals surface area contributed by atoms with Crippen molar-refractivity contribution in [2.24, 2.45) is 0 Å². The number of carbonyl (C=O) groups excluding carboxylic acids is 1. The van der Waals surface area contributed by atoms with Gasteiger partial charge in [-0.1, -0.05) is 27.5 Å². The molecule has 1 amide bonds. The van der Waals surface area contributed by atoms with Gasteiger partial charge in [-0.3, -0.25) is 4.79 Å². The lowest BCUT2D eigenvalue weighted by Gasteiger charge is -2.06. The fraction of sp³-hybridized carbons (Fsp3) is 0.364. The molecule has 0 unspecified atom stereocenters. The molecular weight excluding hydrogens is 373 g/mol. The Morgan fingerprint density at radius 1 is 1.41 bits per heavy atom. The van der Waals surface area contributed by atoms with E-state index in [9.17, 15) is 4.79 Å². The number of amides is 1. The average molecular weight is 385 g/mol. The number of benzene rings is 1. The smallest absolute Gasteiger partial charge is 0.251 e. The Hall–Kier alpha value is -0.100. The van der Waals surface area contributed by atoms with Gasteiger partial charge in [-0.05, 0) is 34.1 Å². The molecule has 0 saturated heterocycles. The first-order chi connectivity index (χ1) is 8.15. The van der Waals surface area contributed by atoms with Crippen LogP contribution in [0.2, 0.25) is 5.02 Å². The second-order valence-corrected chi connectivity index (χ2v) is 5.24. The Kier molecular flexibility index (Phi) is 7.11. The molecule has 0 radical (unpaired) electrons. The third-order valence-corrected chi connectivity index (χ3v) is 3.49. The molecule has 0 aromatic heterocycles. The topological polar surface area (TPSA) is 38.3 Å². The highest BCUT2D eigenvalue weighted by molar-refractivity contribution is 9.10. The minimum Gasteiger partial charge on any atom is -0.379 e. The summed E-state index contributed by atoms with van der Waals surface area (Å²) < 4.78 is 5.99. The predicted octanol–water partition coefficient (Wildman–Crippen LogP) is 3.24. The minimum absolute atomic E-state index is 0.151. The quantitative estimate of drug-likeness (QED) is 0.603. The zero-order valence-electron chi connectivity index (χ0n) is 9.01. The molecule has 6 heteroatoms. The maximum atomic E-state index is 11.7. The Bertz CT molecular complexity index is 388. The first-order valence-corrected chi connectivity index (χ1v) is 7.31. The van der Waals surface area contributed by atoms with Crippen molar-refractivity contribution >= 4 is 49.4 Å². The molecule has 0 spiro atoms. The second kappa shape index (κ2) is 8.08. The van der Waals surface area contributed by atoms with Gasteiger partial charge in [0.15, 0.2) is 0 Å². The molecule has 0 aliphatic rings. The fourth-order valence-corrected chi connectivity index (χ4v) is 1.79. The largest absolute Gasteiger partial charge is 0.379 e. The first kappa shape index (κ1) is 15.0. The number of alkyl halides is 1. The van der Waals surface area contributed by atoms with Crippen molar-refractivity contribution in [1.82, 2.24) is 5.32 Å². The van der Waals surface area contributed by atoms with Gasteiger partial charge in [-0.2, -0.15) is 0 Å². The van der Waals surface area contributed by atoms with Gasteiger partial charge >= 0.3 is 0 Å². The SMILES string of the molecule is O=C(NCCOCCBr)c1ccc(Br)c(Cl)c1. The van der Waals surface area contributed by atoms with Crippen LogP contribution in [-0.4, -0.2) is 31.0 Å². The molecule has 0 heterocycles. The van der Waals surface area contributed by atoms with E-state index in [-0.39, 0.29) is 5.91 Å². The molecule has 0 saturated carbocycles. The molecule has 0 fully saturated rings. The molecule has 1 N–H and O–H groups in total. The van der Waals surface area contributed by atoms with Crippen molar-refractivity contribution < 1.29 is 9.53 Å². The van der Waals surface area contributed by atoms with Gasteiger partial charge in [0.2, 0.25) is 0 Å². The van der Waals surface area contributed by atoms with E-state index in [1.165, 1.54) is 0 Å². The lowest BCUT2D eigenvalue weighted by atomic mass is 10.2. The monoisotopic (exact) mass is 383 g/mol. The third kappa shape index (κ3) is 5.38. The highest BCUT2D eigenvalue weighted by Gasteiger charge is 2.06. The summed E-state index contributed by atoms with van der Waals surface area (Å²) in [5.41, 5.74) is 0.540. The van der Waals surface area contributed by atoms with Crippen molar-refractivity contribution in [2.45, 2.75) is 0 Å². The van der Waals surface area contributed by atoms with Crippen LogP contribution in [0.4, 0.5) is 0 Å². The van der Waals surface area contributed by atoms with Gasteiger partial charge in [0.25, 0.3) is 5.91 Å². The lowest BCUT2D eigenvalue weighted by molar-refractivity contribution is 0.0924. The molecule has 1 rings (SSSR count). The zero-order chi connectivity index (χ0) is 12.7. The van der Waals surface area contributed by atoms with E-state index in [4.69, 9.17) is 16.3 Å². The number of ether oxygens (including phenoxy) is 1. The number of carbonyl (C=O) groups is 1. The molecule has 0 atom stereocenters. The van der Waals surface area contributed by atoms with Crippen LogP contribution in [0.3, 0.4) is 0 Å². The summed E-state index contributed by atoms with van der Waals surface area (Å²) in [6.07, 6.45) is 0. The Labute approximate surface area is 122 Å². The molecule has 1 aromatic carbocycles. The number of hydrogen-bond donors (Lipinski definition) is 1. The summed E-state index contributed by atoms with van der Waals surface area (Å²) in [4.78, 5) is 11.7. The first-order valence-electron chi connectivity index (χ1n) is 5.02. The van der Waals surface area contributed by atoms with Crippen LogP contribution in [0, 0.1) is 0 Å². The van der Waals surface area contributed by atoms with Crippen molar-refractivity contribution in [3.05, 3.63) is 33.3 Å². The van der Waals surface area contributed by atoms with Crippen molar-refractivity contribution in [3.8, 4) is 0 Å². The Balaban J connectivity index is 2.39. The summed E-state index contributed by atoms with van der Waals surface area (Å²) in [6, 6.07) is 5.09. The molecule has 0 bridgehead atoms. The Morgan fingerprint density at radius 3 is 2.82 bits per heavy atom. The third-order valence-electron chi connectivity index (χ3n) is 1.94. The van der Waals surface area contributed by atoms with Crippen LogP contribution < -0.4 is 5.32 Å². The van der Waals surface area contributed by atoms with Crippen LogP contribution in [0.1, 0.15) is 10.4 Å². The normalized spacial score (nSPS) is 10.3. The molecule has 3 nitrogen and oxygen atoms in total. The van der Waals surface area contributed by atoms with Crippen LogP contribution >= 0.6 is 43.5 Å². The van der Waals surface area contributed by atoms with Crippen LogP contribution in [0.5, 0.6) is 0 Å². The number of nitrogens with one attached hydrogen (secondary N) is 1. The summed E-state index contributed by atoms with van der Waals surface area (Å²) in [7, 11) is 0.